The lowest BCUT2D eigenvalue weighted by Gasteiger charge is -2.29. The molecule has 0 aliphatic carbocycles. The Morgan fingerprint density at radius 2 is 2.04 bits per heavy atom. The number of aromatic nitrogens is 2. The van der Waals surface area contributed by atoms with Gasteiger partial charge < -0.3 is 15.3 Å². The number of amides is 1. The third-order valence-corrected chi connectivity index (χ3v) is 4.94. The van der Waals surface area contributed by atoms with Crippen molar-refractivity contribution in [3.8, 4) is 0 Å². The van der Waals surface area contributed by atoms with Crippen LogP contribution in [-0.4, -0.2) is 58.0 Å². The van der Waals surface area contributed by atoms with Crippen molar-refractivity contribution >= 4 is 5.91 Å². The maximum Gasteiger partial charge on any atom is 0.271 e. The molecule has 1 aromatic rings. The Bertz CT molecular complexity index is 517. The number of hydrogen-bond donors (Lipinski definition) is 2. The van der Waals surface area contributed by atoms with E-state index in [4.69, 9.17) is 0 Å². The number of aryl methyl sites for hydroxylation is 1. The van der Waals surface area contributed by atoms with E-state index in [0.29, 0.717) is 18.3 Å². The van der Waals surface area contributed by atoms with Crippen LogP contribution in [-0.2, 0) is 0 Å². The molecule has 1 aliphatic heterocycles. The zero-order valence-corrected chi connectivity index (χ0v) is 15.3. The van der Waals surface area contributed by atoms with Gasteiger partial charge in [-0.25, -0.2) is 0 Å². The number of piperidine rings is 1. The zero-order valence-electron chi connectivity index (χ0n) is 15.3. The standard InChI is InChI=1S/C18H32N4O2/c1-4-15(5-2)22-14(3)13-17(20-22)18(24)19-9-6-10-21-11-7-16(23)8-12-21/h13,15-16,23H,4-12H2,1-3H3,(H,19,24). The van der Waals surface area contributed by atoms with E-state index in [2.05, 4.69) is 29.2 Å². The van der Waals surface area contributed by atoms with Crippen molar-refractivity contribution in [3.63, 3.8) is 0 Å². The summed E-state index contributed by atoms with van der Waals surface area (Å²) in [6, 6.07) is 2.24. The lowest BCUT2D eigenvalue weighted by atomic mass is 10.1. The summed E-state index contributed by atoms with van der Waals surface area (Å²) in [7, 11) is 0. The summed E-state index contributed by atoms with van der Waals surface area (Å²) in [5.74, 6) is -0.0862. The van der Waals surface area contributed by atoms with E-state index < -0.39 is 0 Å². The van der Waals surface area contributed by atoms with Gasteiger partial charge in [-0.05, 0) is 51.6 Å². The first kappa shape index (κ1) is 18.9. The molecule has 0 aromatic carbocycles. The van der Waals surface area contributed by atoms with E-state index in [1.807, 2.05) is 17.7 Å². The van der Waals surface area contributed by atoms with Crippen LogP contribution in [0.3, 0.4) is 0 Å². The molecule has 6 heteroatoms. The van der Waals surface area contributed by atoms with Gasteiger partial charge in [0.25, 0.3) is 5.91 Å². The molecular formula is C18H32N4O2. The third-order valence-electron chi connectivity index (χ3n) is 4.94. The summed E-state index contributed by atoms with van der Waals surface area (Å²) in [4.78, 5) is 14.6. The predicted molar refractivity (Wildman–Crippen MR) is 95.2 cm³/mol. The number of carbonyl (C=O) groups excluding carboxylic acids is 1. The maximum atomic E-state index is 12.3. The van der Waals surface area contributed by atoms with Gasteiger partial charge in [0.1, 0.15) is 5.69 Å². The molecule has 6 nitrogen and oxygen atoms in total. The molecule has 0 bridgehead atoms. The van der Waals surface area contributed by atoms with E-state index in [1.54, 1.807) is 0 Å². The molecule has 0 radical (unpaired) electrons. The third kappa shape index (κ3) is 5.05. The largest absolute Gasteiger partial charge is 0.393 e. The number of nitrogens with zero attached hydrogens (tertiary/aromatic N) is 3. The lowest BCUT2D eigenvalue weighted by Crippen LogP contribution is -2.37. The van der Waals surface area contributed by atoms with Gasteiger partial charge in [0.2, 0.25) is 0 Å². The van der Waals surface area contributed by atoms with Crippen molar-refractivity contribution in [2.75, 3.05) is 26.2 Å². The highest BCUT2D eigenvalue weighted by Gasteiger charge is 2.17. The number of likely N-dealkylation sites (tertiary alicyclic amines) is 1. The first-order valence-corrected chi connectivity index (χ1v) is 9.29. The van der Waals surface area contributed by atoms with Crippen LogP contribution in [0.5, 0.6) is 0 Å². The number of aliphatic hydroxyl groups excluding tert-OH is 1. The molecule has 136 valence electrons. The SMILES string of the molecule is CCC(CC)n1nc(C(=O)NCCCN2CCC(O)CC2)cc1C. The van der Waals surface area contributed by atoms with Crippen molar-refractivity contribution in [3.05, 3.63) is 17.5 Å². The molecule has 0 spiro atoms. The molecule has 0 unspecified atom stereocenters. The van der Waals surface area contributed by atoms with Crippen LogP contribution in [0.1, 0.15) is 68.2 Å². The number of rotatable bonds is 8. The van der Waals surface area contributed by atoms with Crippen molar-refractivity contribution < 1.29 is 9.90 Å². The predicted octanol–water partition coefficient (Wildman–Crippen LogP) is 2.13. The van der Waals surface area contributed by atoms with Crippen LogP contribution in [0.4, 0.5) is 0 Å². The van der Waals surface area contributed by atoms with Gasteiger partial charge in [-0.2, -0.15) is 5.10 Å². The fourth-order valence-corrected chi connectivity index (χ4v) is 3.34. The minimum absolute atomic E-state index is 0.0862. The highest BCUT2D eigenvalue weighted by atomic mass is 16.3. The second kappa shape index (κ2) is 9.18. The summed E-state index contributed by atoms with van der Waals surface area (Å²) < 4.78 is 1.98. The molecule has 1 fully saturated rings. The topological polar surface area (TPSA) is 70.4 Å². The molecule has 2 rings (SSSR count). The quantitative estimate of drug-likeness (QED) is 0.714. The molecule has 24 heavy (non-hydrogen) atoms. The Balaban J connectivity index is 1.75. The number of hydrogen-bond acceptors (Lipinski definition) is 4. The summed E-state index contributed by atoms with van der Waals surface area (Å²) in [5, 5.41) is 17.0. The Labute approximate surface area is 145 Å². The van der Waals surface area contributed by atoms with E-state index in [-0.39, 0.29) is 12.0 Å². The summed E-state index contributed by atoms with van der Waals surface area (Å²) in [5.41, 5.74) is 1.56. The zero-order chi connectivity index (χ0) is 17.5. The average molecular weight is 336 g/mol. The van der Waals surface area contributed by atoms with Crippen LogP contribution >= 0.6 is 0 Å². The fraction of sp³-hybridized carbons (Fsp3) is 0.778. The van der Waals surface area contributed by atoms with Crippen LogP contribution in [0.2, 0.25) is 0 Å². The molecule has 1 saturated heterocycles. The average Bonchev–Trinajstić information content (AvgIpc) is 2.96. The highest BCUT2D eigenvalue weighted by Crippen LogP contribution is 2.18. The molecule has 0 saturated carbocycles. The first-order chi connectivity index (χ1) is 11.5. The summed E-state index contributed by atoms with van der Waals surface area (Å²) in [6.45, 7) is 9.83. The second-order valence-electron chi connectivity index (χ2n) is 6.77. The molecule has 2 N–H and O–H groups in total. The van der Waals surface area contributed by atoms with Crippen molar-refractivity contribution in [2.45, 2.75) is 65.0 Å². The van der Waals surface area contributed by atoms with Crippen molar-refractivity contribution in [2.24, 2.45) is 0 Å². The van der Waals surface area contributed by atoms with Gasteiger partial charge in [-0.1, -0.05) is 13.8 Å². The van der Waals surface area contributed by atoms with E-state index >= 15 is 0 Å². The Kier molecular flexibility index (Phi) is 7.24. The minimum atomic E-state index is -0.130. The van der Waals surface area contributed by atoms with E-state index in [1.165, 1.54) is 0 Å². The first-order valence-electron chi connectivity index (χ1n) is 9.29. The summed E-state index contributed by atoms with van der Waals surface area (Å²) in [6.07, 6.45) is 4.55. The Morgan fingerprint density at radius 3 is 2.67 bits per heavy atom. The Morgan fingerprint density at radius 1 is 1.38 bits per heavy atom. The van der Waals surface area contributed by atoms with E-state index in [9.17, 15) is 9.90 Å². The molecule has 2 heterocycles. The minimum Gasteiger partial charge on any atom is -0.393 e. The van der Waals surface area contributed by atoms with Gasteiger partial charge in [0, 0.05) is 25.3 Å². The van der Waals surface area contributed by atoms with Gasteiger partial charge in [0.15, 0.2) is 0 Å². The van der Waals surface area contributed by atoms with E-state index in [0.717, 1.165) is 57.4 Å². The Hall–Kier alpha value is -1.40. The van der Waals surface area contributed by atoms with Gasteiger partial charge in [0.05, 0.1) is 12.1 Å². The smallest absolute Gasteiger partial charge is 0.271 e. The van der Waals surface area contributed by atoms with Crippen LogP contribution in [0.15, 0.2) is 6.07 Å². The second-order valence-corrected chi connectivity index (χ2v) is 6.77. The lowest BCUT2D eigenvalue weighted by molar-refractivity contribution is 0.0816. The number of aliphatic hydroxyl groups is 1. The van der Waals surface area contributed by atoms with Crippen molar-refractivity contribution in [1.82, 2.24) is 20.0 Å². The number of carbonyl (C=O) groups is 1. The molecule has 1 amide bonds. The van der Waals surface area contributed by atoms with Gasteiger partial charge in [-0.15, -0.1) is 0 Å². The molecule has 0 atom stereocenters. The molecular weight excluding hydrogens is 304 g/mol. The fourth-order valence-electron chi connectivity index (χ4n) is 3.34. The highest BCUT2D eigenvalue weighted by molar-refractivity contribution is 5.92. The summed E-state index contributed by atoms with van der Waals surface area (Å²) >= 11 is 0. The van der Waals surface area contributed by atoms with Crippen molar-refractivity contribution in [1.29, 1.82) is 0 Å². The van der Waals surface area contributed by atoms with Gasteiger partial charge in [-0.3, -0.25) is 9.48 Å². The molecule has 1 aliphatic rings. The maximum absolute atomic E-state index is 12.3. The van der Waals surface area contributed by atoms with Crippen LogP contribution in [0, 0.1) is 6.92 Å². The van der Waals surface area contributed by atoms with Gasteiger partial charge >= 0.3 is 0 Å². The monoisotopic (exact) mass is 336 g/mol. The number of nitrogens with one attached hydrogen (secondary N) is 1. The van der Waals surface area contributed by atoms with Crippen LogP contribution in [0.25, 0.3) is 0 Å². The van der Waals surface area contributed by atoms with Crippen LogP contribution < -0.4 is 5.32 Å². The normalized spacial score (nSPS) is 16.7. The molecule has 1 aromatic heterocycles.